The number of nitrogens with zero attached hydrogens (tertiary/aromatic N) is 4. The molecule has 2 N–H and O–H groups in total. The van der Waals surface area contributed by atoms with Gasteiger partial charge < -0.3 is 4.98 Å². The molecule has 1 aliphatic carbocycles. The maximum absolute atomic E-state index is 13.5. The highest BCUT2D eigenvalue weighted by Gasteiger charge is 2.41. The molecule has 27 heavy (non-hydrogen) atoms. The van der Waals surface area contributed by atoms with E-state index >= 15 is 0 Å². The number of halogens is 1. The van der Waals surface area contributed by atoms with Crippen molar-refractivity contribution in [3.05, 3.63) is 80.9 Å². The summed E-state index contributed by atoms with van der Waals surface area (Å²) >= 11 is 0. The highest BCUT2D eigenvalue weighted by molar-refractivity contribution is 5.63. The van der Waals surface area contributed by atoms with E-state index in [9.17, 15) is 14.0 Å². The van der Waals surface area contributed by atoms with Gasteiger partial charge in [-0.25, -0.2) is 18.7 Å². The Balaban J connectivity index is 1.62. The summed E-state index contributed by atoms with van der Waals surface area (Å²) in [6.45, 7) is 0. The van der Waals surface area contributed by atoms with Crippen LogP contribution >= 0.6 is 0 Å². The van der Waals surface area contributed by atoms with Crippen LogP contribution < -0.4 is 11.2 Å². The van der Waals surface area contributed by atoms with Crippen molar-refractivity contribution in [3.8, 4) is 11.3 Å². The van der Waals surface area contributed by atoms with E-state index in [1.165, 1.54) is 18.5 Å². The monoisotopic (exact) mass is 364 g/mol. The molecule has 4 heterocycles. The molecule has 2 atom stereocenters. The van der Waals surface area contributed by atoms with Gasteiger partial charge in [0.2, 0.25) is 0 Å². The molecule has 0 saturated heterocycles. The first-order valence-electron chi connectivity index (χ1n) is 8.37. The number of imidazole rings is 1. The van der Waals surface area contributed by atoms with Gasteiger partial charge in [-0.05, 0) is 36.0 Å². The highest BCUT2D eigenvalue weighted by Crippen LogP contribution is 2.55. The third-order valence-corrected chi connectivity index (χ3v) is 4.83. The number of nitrogens with one attached hydrogen (secondary N) is 2. The summed E-state index contributed by atoms with van der Waals surface area (Å²) in [5.41, 5.74) is 2.05. The van der Waals surface area contributed by atoms with Gasteiger partial charge in [0.15, 0.2) is 5.65 Å². The number of pyridine rings is 1. The SMILES string of the molecule is O=c1[nH]cc(-c2cc([C@H]3CC3c3cncc(F)c3)c3nccn3n2)c(=O)[nH]1. The summed E-state index contributed by atoms with van der Waals surface area (Å²) in [6.07, 6.45) is 8.36. The second kappa shape index (κ2) is 5.70. The zero-order valence-corrected chi connectivity index (χ0v) is 13.9. The van der Waals surface area contributed by atoms with E-state index in [1.807, 2.05) is 6.07 Å². The summed E-state index contributed by atoms with van der Waals surface area (Å²) in [6, 6.07) is 3.30. The van der Waals surface area contributed by atoms with Crippen molar-refractivity contribution in [1.29, 1.82) is 0 Å². The highest BCUT2D eigenvalue weighted by atomic mass is 19.1. The number of H-pyrrole nitrogens is 2. The zero-order valence-electron chi connectivity index (χ0n) is 13.9. The summed E-state index contributed by atoms with van der Waals surface area (Å²) in [5.74, 6) is -0.0980. The number of aromatic amines is 2. The average Bonchev–Trinajstić information content (AvgIpc) is 3.30. The van der Waals surface area contributed by atoms with Crippen LogP contribution in [-0.2, 0) is 0 Å². The Bertz CT molecular complexity index is 1290. The van der Waals surface area contributed by atoms with Crippen LogP contribution in [0.2, 0.25) is 0 Å². The molecule has 0 bridgehead atoms. The van der Waals surface area contributed by atoms with Crippen LogP contribution in [0.4, 0.5) is 4.39 Å². The molecule has 0 spiro atoms. The first kappa shape index (κ1) is 15.6. The van der Waals surface area contributed by atoms with E-state index < -0.39 is 11.2 Å². The molecule has 9 heteroatoms. The van der Waals surface area contributed by atoms with E-state index in [0.29, 0.717) is 11.3 Å². The topological polar surface area (TPSA) is 109 Å². The van der Waals surface area contributed by atoms with Crippen LogP contribution in [-0.4, -0.2) is 29.5 Å². The average molecular weight is 364 g/mol. The first-order valence-corrected chi connectivity index (χ1v) is 8.37. The molecular formula is C18H13FN6O2. The van der Waals surface area contributed by atoms with Crippen LogP contribution in [0.1, 0.15) is 29.4 Å². The second-order valence-electron chi connectivity index (χ2n) is 6.55. The van der Waals surface area contributed by atoms with Crippen LogP contribution in [0.3, 0.4) is 0 Å². The summed E-state index contributed by atoms with van der Waals surface area (Å²) in [4.78, 5) is 36.4. The van der Waals surface area contributed by atoms with Gasteiger partial charge in [-0.3, -0.25) is 14.8 Å². The third-order valence-electron chi connectivity index (χ3n) is 4.83. The molecule has 0 radical (unpaired) electrons. The molecule has 0 amide bonds. The quantitative estimate of drug-likeness (QED) is 0.574. The van der Waals surface area contributed by atoms with Crippen LogP contribution in [0.5, 0.6) is 0 Å². The van der Waals surface area contributed by atoms with Crippen molar-refractivity contribution in [2.24, 2.45) is 0 Å². The molecule has 0 aliphatic heterocycles. The Morgan fingerprint density at radius 2 is 2.07 bits per heavy atom. The lowest BCUT2D eigenvalue weighted by Crippen LogP contribution is -2.23. The first-order chi connectivity index (χ1) is 13.1. The molecule has 1 fully saturated rings. The zero-order chi connectivity index (χ0) is 18.5. The number of fused-ring (bicyclic) bond motifs is 1. The van der Waals surface area contributed by atoms with E-state index in [-0.39, 0.29) is 23.2 Å². The summed E-state index contributed by atoms with van der Waals surface area (Å²) in [5, 5.41) is 4.42. The van der Waals surface area contributed by atoms with Gasteiger partial charge in [0.25, 0.3) is 5.56 Å². The van der Waals surface area contributed by atoms with Gasteiger partial charge in [0.05, 0.1) is 17.5 Å². The lowest BCUT2D eigenvalue weighted by atomic mass is 10.1. The molecule has 134 valence electrons. The maximum atomic E-state index is 13.5. The number of rotatable bonds is 3. The maximum Gasteiger partial charge on any atom is 0.325 e. The fraction of sp³-hybridized carbons (Fsp3) is 0.167. The minimum atomic E-state index is -0.575. The summed E-state index contributed by atoms with van der Waals surface area (Å²) < 4.78 is 15.1. The normalized spacial score (nSPS) is 18.7. The van der Waals surface area contributed by atoms with E-state index in [4.69, 9.17) is 0 Å². The number of hydrogen-bond donors (Lipinski definition) is 2. The molecular weight excluding hydrogens is 351 g/mol. The standard InChI is InChI=1S/C18H13FN6O2/c19-10-3-9(6-20-7-10)11-4-12(11)13-5-15(24-25-2-1-21-16(13)25)14-8-22-18(27)23-17(14)26/h1-3,5-8,11-12H,4H2,(H2,22,23,26,27)/t11?,12-/m0/s1. The fourth-order valence-electron chi connectivity index (χ4n) is 3.48. The van der Waals surface area contributed by atoms with Crippen LogP contribution in [0.15, 0.2) is 52.7 Å². The van der Waals surface area contributed by atoms with Crippen molar-refractivity contribution >= 4 is 5.65 Å². The van der Waals surface area contributed by atoms with Crippen molar-refractivity contribution < 1.29 is 4.39 Å². The lowest BCUT2D eigenvalue weighted by Gasteiger charge is -2.07. The molecule has 4 aromatic rings. The number of aromatic nitrogens is 6. The smallest absolute Gasteiger partial charge is 0.313 e. The minimum absolute atomic E-state index is 0.127. The lowest BCUT2D eigenvalue weighted by molar-refractivity contribution is 0.618. The van der Waals surface area contributed by atoms with Crippen molar-refractivity contribution in [1.82, 2.24) is 29.5 Å². The fourth-order valence-corrected chi connectivity index (χ4v) is 3.48. The predicted molar refractivity (Wildman–Crippen MR) is 94.0 cm³/mol. The van der Waals surface area contributed by atoms with E-state index in [0.717, 1.165) is 17.5 Å². The van der Waals surface area contributed by atoms with Gasteiger partial charge in [-0.1, -0.05) is 0 Å². The third kappa shape index (κ3) is 2.64. The Morgan fingerprint density at radius 1 is 1.19 bits per heavy atom. The van der Waals surface area contributed by atoms with Gasteiger partial charge in [0, 0.05) is 30.4 Å². The van der Waals surface area contributed by atoms with Gasteiger partial charge >= 0.3 is 5.69 Å². The molecule has 1 aliphatic rings. The Hall–Kier alpha value is -3.62. The van der Waals surface area contributed by atoms with Crippen molar-refractivity contribution in [2.75, 3.05) is 0 Å². The molecule has 5 rings (SSSR count). The van der Waals surface area contributed by atoms with E-state index in [2.05, 4.69) is 25.0 Å². The van der Waals surface area contributed by atoms with Crippen molar-refractivity contribution in [2.45, 2.75) is 18.3 Å². The Morgan fingerprint density at radius 3 is 2.89 bits per heavy atom. The van der Waals surface area contributed by atoms with Gasteiger partial charge in [-0.15, -0.1) is 0 Å². The van der Waals surface area contributed by atoms with E-state index in [1.54, 1.807) is 23.1 Å². The van der Waals surface area contributed by atoms with Crippen LogP contribution in [0.25, 0.3) is 16.9 Å². The minimum Gasteiger partial charge on any atom is -0.313 e. The molecule has 0 aromatic carbocycles. The van der Waals surface area contributed by atoms with Crippen LogP contribution in [0, 0.1) is 5.82 Å². The predicted octanol–water partition coefficient (Wildman–Crippen LogP) is 1.58. The molecule has 4 aromatic heterocycles. The molecule has 1 saturated carbocycles. The van der Waals surface area contributed by atoms with Crippen molar-refractivity contribution in [3.63, 3.8) is 0 Å². The Kier molecular flexibility index (Phi) is 3.30. The Labute approximate surface area is 150 Å². The summed E-state index contributed by atoms with van der Waals surface area (Å²) in [7, 11) is 0. The molecule has 1 unspecified atom stereocenters. The second-order valence-corrected chi connectivity index (χ2v) is 6.55. The van der Waals surface area contributed by atoms with Gasteiger partial charge in [-0.2, -0.15) is 5.10 Å². The molecule has 8 nitrogen and oxygen atoms in total. The number of hydrogen-bond acceptors (Lipinski definition) is 5. The largest absolute Gasteiger partial charge is 0.325 e. The van der Waals surface area contributed by atoms with Gasteiger partial charge in [0.1, 0.15) is 5.82 Å².